The summed E-state index contributed by atoms with van der Waals surface area (Å²) in [6, 6.07) is 1.26. The van der Waals surface area contributed by atoms with Gasteiger partial charge in [0.1, 0.15) is 0 Å². The smallest absolute Gasteiger partial charge is 0.0829 e. The predicted molar refractivity (Wildman–Crippen MR) is 75.0 cm³/mol. The van der Waals surface area contributed by atoms with Gasteiger partial charge in [-0.25, -0.2) is 0 Å². The van der Waals surface area contributed by atoms with Crippen LogP contribution in [0.3, 0.4) is 0 Å². The first-order valence-electron chi connectivity index (χ1n) is 7.42. The van der Waals surface area contributed by atoms with Crippen molar-refractivity contribution in [3.05, 3.63) is 0 Å². The summed E-state index contributed by atoms with van der Waals surface area (Å²) in [7, 11) is 4.27. The first-order valence-corrected chi connectivity index (χ1v) is 7.42. The molecular formula is C14H29N3O. The number of hydrogen-bond donors (Lipinski definition) is 1. The summed E-state index contributed by atoms with van der Waals surface area (Å²) in [5, 5.41) is 3.42. The molecule has 0 saturated carbocycles. The molecule has 0 radical (unpaired) electrons. The van der Waals surface area contributed by atoms with Crippen molar-refractivity contribution in [3.63, 3.8) is 0 Å². The van der Waals surface area contributed by atoms with Crippen LogP contribution in [0, 0.1) is 0 Å². The number of rotatable bonds is 4. The second-order valence-electron chi connectivity index (χ2n) is 5.89. The zero-order chi connectivity index (χ0) is 13.0. The fraction of sp³-hybridized carbons (Fsp3) is 1.00. The molecule has 2 aliphatic rings. The van der Waals surface area contributed by atoms with E-state index >= 15 is 0 Å². The van der Waals surface area contributed by atoms with Crippen molar-refractivity contribution >= 4 is 0 Å². The molecule has 0 aromatic heterocycles. The van der Waals surface area contributed by atoms with Gasteiger partial charge in [0.25, 0.3) is 0 Å². The van der Waals surface area contributed by atoms with Crippen LogP contribution in [0.1, 0.15) is 26.2 Å². The van der Waals surface area contributed by atoms with Crippen LogP contribution >= 0.6 is 0 Å². The van der Waals surface area contributed by atoms with Gasteiger partial charge >= 0.3 is 0 Å². The minimum Gasteiger partial charge on any atom is -0.374 e. The van der Waals surface area contributed by atoms with Crippen molar-refractivity contribution in [1.29, 1.82) is 0 Å². The second-order valence-corrected chi connectivity index (χ2v) is 5.89. The van der Waals surface area contributed by atoms with Crippen LogP contribution in [-0.4, -0.2) is 74.9 Å². The third-order valence-corrected chi connectivity index (χ3v) is 4.48. The average Bonchev–Trinajstić information content (AvgIpc) is 2.38. The van der Waals surface area contributed by atoms with Gasteiger partial charge in [-0.05, 0) is 40.4 Å². The molecule has 2 saturated heterocycles. The zero-order valence-corrected chi connectivity index (χ0v) is 12.2. The minimum atomic E-state index is 0.397. The lowest BCUT2D eigenvalue weighted by molar-refractivity contribution is -0.0474. The summed E-state index contributed by atoms with van der Waals surface area (Å²) in [6.45, 7) is 7.68. The van der Waals surface area contributed by atoms with E-state index in [1.165, 1.54) is 25.8 Å². The lowest BCUT2D eigenvalue weighted by Crippen LogP contribution is -2.54. The minimum absolute atomic E-state index is 0.397. The standard InChI is InChI=1S/C14H29N3O/c1-12(15-2)14-6-4-5-7-17(14)11-13-10-16(3)8-9-18-13/h12-15H,4-11H2,1-3H3. The van der Waals surface area contributed by atoms with Crippen LogP contribution < -0.4 is 5.32 Å². The molecule has 3 unspecified atom stereocenters. The summed E-state index contributed by atoms with van der Waals surface area (Å²) < 4.78 is 5.91. The fourth-order valence-electron chi connectivity index (χ4n) is 3.24. The lowest BCUT2D eigenvalue weighted by atomic mass is 9.96. The highest BCUT2D eigenvalue weighted by atomic mass is 16.5. The SMILES string of the molecule is CNC(C)C1CCCCN1CC1CN(C)CCO1. The molecule has 4 nitrogen and oxygen atoms in total. The Morgan fingerprint density at radius 3 is 2.89 bits per heavy atom. The monoisotopic (exact) mass is 255 g/mol. The lowest BCUT2D eigenvalue weighted by Gasteiger charge is -2.42. The average molecular weight is 255 g/mol. The van der Waals surface area contributed by atoms with Gasteiger partial charge in [-0.2, -0.15) is 0 Å². The molecule has 0 aliphatic carbocycles. The third kappa shape index (κ3) is 3.67. The molecule has 3 atom stereocenters. The fourth-order valence-corrected chi connectivity index (χ4v) is 3.24. The highest BCUT2D eigenvalue weighted by molar-refractivity contribution is 4.86. The van der Waals surface area contributed by atoms with E-state index in [1.54, 1.807) is 0 Å². The van der Waals surface area contributed by atoms with Crippen LogP contribution in [0.25, 0.3) is 0 Å². The van der Waals surface area contributed by atoms with Gasteiger partial charge in [0.05, 0.1) is 12.7 Å². The molecule has 0 bridgehead atoms. The Hall–Kier alpha value is -0.160. The van der Waals surface area contributed by atoms with Crippen LogP contribution in [0.5, 0.6) is 0 Å². The molecule has 2 aliphatic heterocycles. The Balaban J connectivity index is 1.88. The first-order chi connectivity index (χ1) is 8.70. The highest BCUT2D eigenvalue weighted by Gasteiger charge is 2.29. The molecule has 0 spiro atoms. The highest BCUT2D eigenvalue weighted by Crippen LogP contribution is 2.21. The number of piperidine rings is 1. The van der Waals surface area contributed by atoms with Gasteiger partial charge in [-0.15, -0.1) is 0 Å². The maximum absolute atomic E-state index is 5.91. The quantitative estimate of drug-likeness (QED) is 0.803. The Kier molecular flexibility index (Phi) is 5.42. The van der Waals surface area contributed by atoms with E-state index < -0.39 is 0 Å². The number of nitrogens with zero attached hydrogens (tertiary/aromatic N) is 2. The van der Waals surface area contributed by atoms with Gasteiger partial charge in [-0.3, -0.25) is 4.90 Å². The first kappa shape index (κ1) is 14.3. The number of hydrogen-bond acceptors (Lipinski definition) is 4. The Morgan fingerprint density at radius 1 is 1.33 bits per heavy atom. The van der Waals surface area contributed by atoms with Crippen molar-refractivity contribution in [1.82, 2.24) is 15.1 Å². The van der Waals surface area contributed by atoms with Crippen LogP contribution in [-0.2, 0) is 4.74 Å². The number of likely N-dealkylation sites (tertiary alicyclic amines) is 1. The molecule has 0 amide bonds. The molecule has 18 heavy (non-hydrogen) atoms. The van der Waals surface area contributed by atoms with Crippen molar-refractivity contribution in [2.45, 2.75) is 44.4 Å². The maximum Gasteiger partial charge on any atom is 0.0829 e. The molecular weight excluding hydrogens is 226 g/mol. The Bertz CT molecular complexity index is 249. The molecule has 0 aromatic rings. The molecule has 4 heteroatoms. The van der Waals surface area contributed by atoms with Gasteiger partial charge in [-0.1, -0.05) is 6.42 Å². The molecule has 2 fully saturated rings. The molecule has 0 aromatic carbocycles. The van der Waals surface area contributed by atoms with Crippen LogP contribution in [0.15, 0.2) is 0 Å². The maximum atomic E-state index is 5.91. The van der Waals surface area contributed by atoms with E-state index in [1.807, 2.05) is 0 Å². The molecule has 2 heterocycles. The largest absolute Gasteiger partial charge is 0.374 e. The van der Waals surface area contributed by atoms with Gasteiger partial charge in [0.2, 0.25) is 0 Å². The number of nitrogens with one attached hydrogen (secondary N) is 1. The van der Waals surface area contributed by atoms with E-state index in [9.17, 15) is 0 Å². The molecule has 1 N–H and O–H groups in total. The van der Waals surface area contributed by atoms with E-state index in [-0.39, 0.29) is 0 Å². The number of likely N-dealkylation sites (N-methyl/N-ethyl adjacent to an activating group) is 2. The van der Waals surface area contributed by atoms with Crippen molar-refractivity contribution in [3.8, 4) is 0 Å². The van der Waals surface area contributed by atoms with Gasteiger partial charge in [0.15, 0.2) is 0 Å². The van der Waals surface area contributed by atoms with Gasteiger partial charge < -0.3 is 15.0 Å². The van der Waals surface area contributed by atoms with Crippen molar-refractivity contribution in [2.24, 2.45) is 0 Å². The van der Waals surface area contributed by atoms with E-state index in [0.29, 0.717) is 18.2 Å². The Labute approximate surface area is 112 Å². The normalized spacial score (nSPS) is 33.5. The van der Waals surface area contributed by atoms with Crippen molar-refractivity contribution in [2.75, 3.05) is 46.9 Å². The number of morpholine rings is 1. The topological polar surface area (TPSA) is 27.7 Å². The summed E-state index contributed by atoms with van der Waals surface area (Å²) in [5.74, 6) is 0. The summed E-state index contributed by atoms with van der Waals surface area (Å²) in [5.41, 5.74) is 0. The molecule has 2 rings (SSSR count). The summed E-state index contributed by atoms with van der Waals surface area (Å²) in [4.78, 5) is 5.03. The van der Waals surface area contributed by atoms with Gasteiger partial charge in [0, 0.05) is 31.7 Å². The van der Waals surface area contributed by atoms with Crippen LogP contribution in [0.4, 0.5) is 0 Å². The third-order valence-electron chi connectivity index (χ3n) is 4.48. The number of ether oxygens (including phenoxy) is 1. The Morgan fingerprint density at radius 2 is 2.17 bits per heavy atom. The predicted octanol–water partition coefficient (Wildman–Crippen LogP) is 0.779. The van der Waals surface area contributed by atoms with Crippen molar-refractivity contribution < 1.29 is 4.74 Å². The van der Waals surface area contributed by atoms with Crippen LogP contribution in [0.2, 0.25) is 0 Å². The van der Waals surface area contributed by atoms with E-state index in [0.717, 1.165) is 26.2 Å². The molecule has 106 valence electrons. The summed E-state index contributed by atoms with van der Waals surface area (Å²) in [6.07, 6.45) is 4.44. The second kappa shape index (κ2) is 6.85. The summed E-state index contributed by atoms with van der Waals surface area (Å²) >= 11 is 0. The van der Waals surface area contributed by atoms with E-state index in [4.69, 9.17) is 4.74 Å². The zero-order valence-electron chi connectivity index (χ0n) is 12.2. The van der Waals surface area contributed by atoms with E-state index in [2.05, 4.69) is 36.1 Å².